The van der Waals surface area contributed by atoms with Crippen LogP contribution >= 0.6 is 0 Å². The minimum Gasteiger partial charge on any atom is -0.497 e. The second-order valence-corrected chi connectivity index (χ2v) is 6.23. The Labute approximate surface area is 127 Å². The molecule has 112 valence electrons. The van der Waals surface area contributed by atoms with Gasteiger partial charge in [-0.2, -0.15) is 0 Å². The monoisotopic (exact) mass is 283 g/mol. The maximum Gasteiger partial charge on any atom is 0.119 e. The third kappa shape index (κ3) is 3.21. The van der Waals surface area contributed by atoms with Crippen LogP contribution in [0.2, 0.25) is 0 Å². The summed E-state index contributed by atoms with van der Waals surface area (Å²) in [5, 5.41) is 6.13. The van der Waals surface area contributed by atoms with Gasteiger partial charge in [0.05, 0.1) is 7.11 Å². The fourth-order valence-corrected chi connectivity index (χ4v) is 3.32. The Kier molecular flexibility index (Phi) is 4.45. The van der Waals surface area contributed by atoms with Crippen LogP contribution in [0.25, 0.3) is 10.8 Å². The van der Waals surface area contributed by atoms with E-state index < -0.39 is 0 Å². The van der Waals surface area contributed by atoms with E-state index in [0.717, 1.165) is 18.1 Å². The van der Waals surface area contributed by atoms with Gasteiger partial charge in [-0.3, -0.25) is 0 Å². The number of rotatable bonds is 6. The van der Waals surface area contributed by atoms with Crippen LogP contribution in [0.4, 0.5) is 0 Å². The summed E-state index contributed by atoms with van der Waals surface area (Å²) in [6.07, 6.45) is 6.66. The summed E-state index contributed by atoms with van der Waals surface area (Å²) >= 11 is 0. The van der Waals surface area contributed by atoms with Crippen LogP contribution in [0.15, 0.2) is 36.4 Å². The molecular formula is C19H25NO. The van der Waals surface area contributed by atoms with Crippen LogP contribution in [-0.4, -0.2) is 20.2 Å². The molecule has 2 heteroatoms. The third-order valence-electron chi connectivity index (χ3n) is 4.90. The lowest BCUT2D eigenvalue weighted by Crippen LogP contribution is -2.32. The minimum atomic E-state index is 0.576. The molecule has 0 bridgehead atoms. The molecule has 0 aliphatic heterocycles. The number of hydrogen-bond donors (Lipinski definition) is 1. The molecule has 2 aromatic rings. The standard InChI is InChI=1S/C19H25NO/c1-20-17(11-14-5-3-6-14)12-16-8-4-7-15-9-10-18(21-2)13-19(15)16/h4,7-10,13-14,17,20H,3,5-6,11-12H2,1-2H3. The number of likely N-dealkylation sites (N-methyl/N-ethyl adjacent to an activating group) is 1. The van der Waals surface area contributed by atoms with Crippen LogP contribution in [0.5, 0.6) is 5.75 Å². The molecule has 1 aliphatic carbocycles. The maximum absolute atomic E-state index is 5.38. The predicted molar refractivity (Wildman–Crippen MR) is 89.0 cm³/mol. The molecular weight excluding hydrogens is 258 g/mol. The van der Waals surface area contributed by atoms with E-state index in [1.807, 2.05) is 6.07 Å². The fraction of sp³-hybridized carbons (Fsp3) is 0.474. The zero-order chi connectivity index (χ0) is 14.7. The first-order valence-corrected chi connectivity index (χ1v) is 8.03. The maximum atomic E-state index is 5.38. The van der Waals surface area contributed by atoms with Crippen molar-refractivity contribution < 1.29 is 4.74 Å². The van der Waals surface area contributed by atoms with Crippen molar-refractivity contribution in [2.45, 2.75) is 38.1 Å². The quantitative estimate of drug-likeness (QED) is 0.859. The Morgan fingerprint density at radius 3 is 2.76 bits per heavy atom. The average molecular weight is 283 g/mol. The van der Waals surface area contributed by atoms with Crippen molar-refractivity contribution in [2.75, 3.05) is 14.2 Å². The Bertz CT molecular complexity index is 604. The van der Waals surface area contributed by atoms with Crippen molar-refractivity contribution in [3.8, 4) is 5.75 Å². The number of hydrogen-bond acceptors (Lipinski definition) is 2. The summed E-state index contributed by atoms with van der Waals surface area (Å²) in [5.41, 5.74) is 1.42. The number of benzene rings is 2. The van der Waals surface area contributed by atoms with Crippen LogP contribution in [0, 0.1) is 5.92 Å². The van der Waals surface area contributed by atoms with E-state index in [0.29, 0.717) is 6.04 Å². The van der Waals surface area contributed by atoms with E-state index in [4.69, 9.17) is 4.74 Å². The zero-order valence-corrected chi connectivity index (χ0v) is 13.1. The van der Waals surface area contributed by atoms with Crippen LogP contribution in [0.1, 0.15) is 31.2 Å². The van der Waals surface area contributed by atoms with Gasteiger partial charge in [0, 0.05) is 6.04 Å². The smallest absolute Gasteiger partial charge is 0.119 e. The van der Waals surface area contributed by atoms with Gasteiger partial charge in [-0.15, -0.1) is 0 Å². The molecule has 1 fully saturated rings. The molecule has 2 aromatic carbocycles. The molecule has 1 N–H and O–H groups in total. The molecule has 1 saturated carbocycles. The molecule has 3 rings (SSSR count). The summed E-state index contributed by atoms with van der Waals surface area (Å²) in [5.74, 6) is 1.88. The Hall–Kier alpha value is -1.54. The van der Waals surface area contributed by atoms with Crippen molar-refractivity contribution in [3.05, 3.63) is 42.0 Å². The van der Waals surface area contributed by atoms with Gasteiger partial charge in [-0.1, -0.05) is 43.5 Å². The van der Waals surface area contributed by atoms with Crippen molar-refractivity contribution in [1.82, 2.24) is 5.32 Å². The number of nitrogens with one attached hydrogen (secondary N) is 1. The van der Waals surface area contributed by atoms with Gasteiger partial charge in [-0.05, 0) is 54.3 Å². The zero-order valence-electron chi connectivity index (χ0n) is 13.1. The van der Waals surface area contributed by atoms with Crippen LogP contribution in [-0.2, 0) is 6.42 Å². The summed E-state index contributed by atoms with van der Waals surface area (Å²) in [4.78, 5) is 0. The van der Waals surface area contributed by atoms with Crippen LogP contribution in [0.3, 0.4) is 0 Å². The Morgan fingerprint density at radius 2 is 2.10 bits per heavy atom. The van der Waals surface area contributed by atoms with E-state index in [1.54, 1.807) is 7.11 Å². The van der Waals surface area contributed by atoms with Gasteiger partial charge < -0.3 is 10.1 Å². The van der Waals surface area contributed by atoms with E-state index in [2.05, 4.69) is 42.7 Å². The second kappa shape index (κ2) is 6.48. The van der Waals surface area contributed by atoms with Gasteiger partial charge in [0.25, 0.3) is 0 Å². The molecule has 1 aliphatic rings. The van der Waals surface area contributed by atoms with Gasteiger partial charge in [-0.25, -0.2) is 0 Å². The highest BCUT2D eigenvalue weighted by Crippen LogP contribution is 2.32. The highest BCUT2D eigenvalue weighted by atomic mass is 16.5. The lowest BCUT2D eigenvalue weighted by Gasteiger charge is -2.29. The SMILES string of the molecule is CNC(Cc1cccc2ccc(OC)cc12)CC1CCC1. The first-order valence-electron chi connectivity index (χ1n) is 8.03. The lowest BCUT2D eigenvalue weighted by molar-refractivity contribution is 0.263. The van der Waals surface area contributed by atoms with E-state index in [9.17, 15) is 0 Å². The van der Waals surface area contributed by atoms with Crippen molar-refractivity contribution in [2.24, 2.45) is 5.92 Å². The van der Waals surface area contributed by atoms with Gasteiger partial charge in [0.1, 0.15) is 5.75 Å². The largest absolute Gasteiger partial charge is 0.497 e. The summed E-state index contributed by atoms with van der Waals surface area (Å²) in [6, 6.07) is 13.5. The predicted octanol–water partition coefficient (Wildman–Crippen LogP) is 4.17. The third-order valence-corrected chi connectivity index (χ3v) is 4.90. The van der Waals surface area contributed by atoms with Crippen molar-refractivity contribution in [3.63, 3.8) is 0 Å². The van der Waals surface area contributed by atoms with Gasteiger partial charge >= 0.3 is 0 Å². The highest BCUT2D eigenvalue weighted by Gasteiger charge is 2.21. The first kappa shape index (κ1) is 14.4. The van der Waals surface area contributed by atoms with Gasteiger partial charge in [0.2, 0.25) is 0 Å². The molecule has 0 spiro atoms. The number of fused-ring (bicyclic) bond motifs is 1. The minimum absolute atomic E-state index is 0.576. The summed E-state index contributed by atoms with van der Waals surface area (Å²) in [7, 11) is 3.83. The van der Waals surface area contributed by atoms with Gasteiger partial charge in [0.15, 0.2) is 0 Å². The lowest BCUT2D eigenvalue weighted by atomic mass is 9.79. The Morgan fingerprint density at radius 1 is 1.24 bits per heavy atom. The molecule has 0 amide bonds. The Balaban J connectivity index is 1.84. The van der Waals surface area contributed by atoms with Crippen molar-refractivity contribution >= 4 is 10.8 Å². The number of ether oxygens (including phenoxy) is 1. The normalized spacial score (nSPS) is 16.7. The highest BCUT2D eigenvalue weighted by molar-refractivity contribution is 5.87. The molecule has 21 heavy (non-hydrogen) atoms. The molecule has 0 heterocycles. The van der Waals surface area contributed by atoms with E-state index in [1.165, 1.54) is 42.0 Å². The molecule has 0 aromatic heterocycles. The van der Waals surface area contributed by atoms with Crippen molar-refractivity contribution in [1.29, 1.82) is 0 Å². The summed E-state index contributed by atoms with van der Waals surface area (Å²) in [6.45, 7) is 0. The molecule has 1 unspecified atom stereocenters. The fourth-order valence-electron chi connectivity index (χ4n) is 3.32. The molecule has 0 radical (unpaired) electrons. The summed E-state index contributed by atoms with van der Waals surface area (Å²) < 4.78 is 5.38. The van der Waals surface area contributed by atoms with Crippen LogP contribution < -0.4 is 10.1 Å². The molecule has 0 saturated heterocycles. The molecule has 2 nitrogen and oxygen atoms in total. The van der Waals surface area contributed by atoms with E-state index in [-0.39, 0.29) is 0 Å². The average Bonchev–Trinajstić information content (AvgIpc) is 2.49. The van der Waals surface area contributed by atoms with E-state index >= 15 is 0 Å². The molecule has 1 atom stereocenters. The number of methoxy groups -OCH3 is 1. The first-order chi connectivity index (χ1) is 10.3. The topological polar surface area (TPSA) is 21.3 Å². The second-order valence-electron chi connectivity index (χ2n) is 6.23.